The third-order valence-electron chi connectivity index (χ3n) is 2.89. The Hall–Kier alpha value is -0.810. The van der Waals surface area contributed by atoms with Crippen LogP contribution in [0, 0.1) is 5.92 Å². The number of carbonyl (C=O) groups is 2. The summed E-state index contributed by atoms with van der Waals surface area (Å²) < 4.78 is 0. The van der Waals surface area contributed by atoms with E-state index >= 15 is 0 Å². The highest BCUT2D eigenvalue weighted by molar-refractivity contribution is 5.87. The number of hydrogen-bond acceptors (Lipinski definition) is 3. The Morgan fingerprint density at radius 1 is 1.44 bits per heavy atom. The van der Waals surface area contributed by atoms with E-state index in [1.807, 2.05) is 0 Å². The second-order valence-corrected chi connectivity index (χ2v) is 4.08. The molecule has 4 N–H and O–H groups in total. The molecule has 1 aliphatic heterocycles. The highest BCUT2D eigenvalue weighted by atomic mass is 35.5. The summed E-state index contributed by atoms with van der Waals surface area (Å²) in [5, 5.41) is 0. The fourth-order valence-electron chi connectivity index (χ4n) is 1.88. The molecule has 2 amide bonds. The van der Waals surface area contributed by atoms with Crippen LogP contribution in [-0.2, 0) is 9.59 Å². The second-order valence-electron chi connectivity index (χ2n) is 4.08. The fraction of sp³-hybridized carbons (Fsp3) is 0.800. The lowest BCUT2D eigenvalue weighted by Crippen LogP contribution is -2.52. The molecular weight excluding hydrogens is 230 g/mol. The van der Waals surface area contributed by atoms with Crippen molar-refractivity contribution in [3.63, 3.8) is 0 Å². The van der Waals surface area contributed by atoms with Gasteiger partial charge in [-0.15, -0.1) is 12.4 Å². The van der Waals surface area contributed by atoms with Gasteiger partial charge in [0.15, 0.2) is 0 Å². The number of amides is 2. The van der Waals surface area contributed by atoms with Gasteiger partial charge in [-0.2, -0.15) is 0 Å². The number of primary amides is 1. The Labute approximate surface area is 102 Å². The minimum Gasteiger partial charge on any atom is -0.368 e. The monoisotopic (exact) mass is 249 g/mol. The van der Waals surface area contributed by atoms with E-state index in [-0.39, 0.29) is 24.2 Å². The van der Waals surface area contributed by atoms with Crippen LogP contribution in [0.3, 0.4) is 0 Å². The Morgan fingerprint density at radius 3 is 2.56 bits per heavy atom. The van der Waals surface area contributed by atoms with Crippen molar-refractivity contribution in [2.75, 3.05) is 13.1 Å². The fourth-order valence-corrected chi connectivity index (χ4v) is 1.88. The molecule has 6 heteroatoms. The first-order valence-electron chi connectivity index (χ1n) is 5.37. The van der Waals surface area contributed by atoms with Gasteiger partial charge in [0, 0.05) is 19.0 Å². The highest BCUT2D eigenvalue weighted by Gasteiger charge is 2.32. The standard InChI is InChI=1S/C10H19N3O2.ClH/c1-7(6-11)10(15)13-5-3-2-4-8(13)9(12)14;/h7-8H,2-6,11H2,1H3,(H2,12,14);1H. The molecule has 1 saturated heterocycles. The smallest absolute Gasteiger partial charge is 0.240 e. The third kappa shape index (κ3) is 3.35. The molecule has 94 valence electrons. The number of nitrogens with two attached hydrogens (primary N) is 2. The molecule has 0 aromatic heterocycles. The van der Waals surface area contributed by atoms with Crippen molar-refractivity contribution in [1.82, 2.24) is 4.90 Å². The predicted molar refractivity (Wildman–Crippen MR) is 64.0 cm³/mol. The van der Waals surface area contributed by atoms with E-state index in [9.17, 15) is 9.59 Å². The van der Waals surface area contributed by atoms with Crippen molar-refractivity contribution < 1.29 is 9.59 Å². The van der Waals surface area contributed by atoms with E-state index in [1.165, 1.54) is 0 Å². The lowest BCUT2D eigenvalue weighted by molar-refractivity contribution is -0.143. The number of hydrogen-bond donors (Lipinski definition) is 2. The first-order chi connectivity index (χ1) is 7.07. The summed E-state index contributed by atoms with van der Waals surface area (Å²) in [4.78, 5) is 24.6. The maximum Gasteiger partial charge on any atom is 0.240 e. The molecule has 0 radical (unpaired) electrons. The zero-order chi connectivity index (χ0) is 11.4. The van der Waals surface area contributed by atoms with Crippen molar-refractivity contribution in [2.24, 2.45) is 17.4 Å². The summed E-state index contributed by atoms with van der Waals surface area (Å²) in [6, 6.07) is -0.430. The number of nitrogens with zero attached hydrogens (tertiary/aromatic N) is 1. The van der Waals surface area contributed by atoms with Gasteiger partial charge in [-0.3, -0.25) is 9.59 Å². The topological polar surface area (TPSA) is 89.4 Å². The van der Waals surface area contributed by atoms with Gasteiger partial charge in [0.05, 0.1) is 0 Å². The lowest BCUT2D eigenvalue weighted by atomic mass is 9.99. The average molecular weight is 250 g/mol. The summed E-state index contributed by atoms with van der Waals surface area (Å²) in [5.41, 5.74) is 10.7. The second kappa shape index (κ2) is 6.70. The molecule has 2 atom stereocenters. The van der Waals surface area contributed by atoms with Gasteiger partial charge in [0.25, 0.3) is 0 Å². The third-order valence-corrected chi connectivity index (χ3v) is 2.89. The molecule has 0 spiro atoms. The van der Waals surface area contributed by atoms with Gasteiger partial charge in [0.1, 0.15) is 6.04 Å². The van der Waals surface area contributed by atoms with Crippen LogP contribution < -0.4 is 11.5 Å². The summed E-state index contributed by atoms with van der Waals surface area (Å²) >= 11 is 0. The van der Waals surface area contributed by atoms with E-state index < -0.39 is 11.9 Å². The molecular formula is C10H20ClN3O2. The molecule has 1 fully saturated rings. The van der Waals surface area contributed by atoms with Gasteiger partial charge < -0.3 is 16.4 Å². The summed E-state index contributed by atoms with van der Waals surface area (Å²) in [7, 11) is 0. The van der Waals surface area contributed by atoms with E-state index in [0.717, 1.165) is 12.8 Å². The lowest BCUT2D eigenvalue weighted by Gasteiger charge is -2.35. The Kier molecular flexibility index (Phi) is 6.36. The molecule has 0 aromatic carbocycles. The zero-order valence-electron chi connectivity index (χ0n) is 9.52. The van der Waals surface area contributed by atoms with E-state index in [2.05, 4.69) is 0 Å². The number of carbonyl (C=O) groups excluding carboxylic acids is 2. The first-order valence-corrected chi connectivity index (χ1v) is 5.37. The van der Waals surface area contributed by atoms with Gasteiger partial charge in [-0.1, -0.05) is 6.92 Å². The number of likely N-dealkylation sites (tertiary alicyclic amines) is 1. The molecule has 1 heterocycles. The molecule has 1 aliphatic rings. The van der Waals surface area contributed by atoms with Gasteiger partial charge in [-0.05, 0) is 19.3 Å². The van der Waals surface area contributed by atoms with Crippen LogP contribution in [0.25, 0.3) is 0 Å². The zero-order valence-corrected chi connectivity index (χ0v) is 10.3. The van der Waals surface area contributed by atoms with Crippen molar-refractivity contribution in [3.8, 4) is 0 Å². The predicted octanol–water partition coefficient (Wildman–Crippen LogP) is -0.131. The van der Waals surface area contributed by atoms with Crippen LogP contribution in [0.15, 0.2) is 0 Å². The number of rotatable bonds is 3. The SMILES string of the molecule is CC(CN)C(=O)N1CCCCC1C(N)=O.Cl. The van der Waals surface area contributed by atoms with Crippen LogP contribution >= 0.6 is 12.4 Å². The van der Waals surface area contributed by atoms with Crippen molar-refractivity contribution in [3.05, 3.63) is 0 Å². The van der Waals surface area contributed by atoms with E-state index in [1.54, 1.807) is 11.8 Å². The summed E-state index contributed by atoms with van der Waals surface area (Å²) in [6.07, 6.45) is 2.57. The molecule has 0 saturated carbocycles. The van der Waals surface area contributed by atoms with Crippen LogP contribution in [0.4, 0.5) is 0 Å². The Balaban J connectivity index is 0.00000225. The van der Waals surface area contributed by atoms with E-state index in [0.29, 0.717) is 19.5 Å². The Morgan fingerprint density at radius 2 is 2.06 bits per heavy atom. The van der Waals surface area contributed by atoms with Crippen molar-refractivity contribution in [1.29, 1.82) is 0 Å². The average Bonchev–Trinajstić information content (AvgIpc) is 2.27. The first kappa shape index (κ1) is 15.2. The van der Waals surface area contributed by atoms with Crippen LogP contribution in [0.2, 0.25) is 0 Å². The van der Waals surface area contributed by atoms with Gasteiger partial charge in [0.2, 0.25) is 11.8 Å². The largest absolute Gasteiger partial charge is 0.368 e. The summed E-state index contributed by atoms with van der Waals surface area (Å²) in [6.45, 7) is 2.70. The number of halogens is 1. The molecule has 0 bridgehead atoms. The minimum atomic E-state index is -0.430. The normalized spacial score (nSPS) is 22.1. The molecule has 0 aliphatic carbocycles. The van der Waals surface area contributed by atoms with Crippen LogP contribution in [0.5, 0.6) is 0 Å². The van der Waals surface area contributed by atoms with Crippen LogP contribution in [0.1, 0.15) is 26.2 Å². The summed E-state index contributed by atoms with van der Waals surface area (Å²) in [5.74, 6) is -0.696. The van der Waals surface area contributed by atoms with Crippen LogP contribution in [-0.4, -0.2) is 35.8 Å². The Bertz CT molecular complexity index is 260. The van der Waals surface area contributed by atoms with Gasteiger partial charge >= 0.3 is 0 Å². The molecule has 0 aromatic rings. The highest BCUT2D eigenvalue weighted by Crippen LogP contribution is 2.18. The van der Waals surface area contributed by atoms with Gasteiger partial charge in [-0.25, -0.2) is 0 Å². The van der Waals surface area contributed by atoms with E-state index in [4.69, 9.17) is 11.5 Å². The molecule has 5 nitrogen and oxygen atoms in total. The molecule has 16 heavy (non-hydrogen) atoms. The van der Waals surface area contributed by atoms with Crippen molar-refractivity contribution in [2.45, 2.75) is 32.2 Å². The quantitative estimate of drug-likeness (QED) is 0.730. The molecule has 2 unspecified atom stereocenters. The maximum atomic E-state index is 11.9. The minimum absolute atomic E-state index is 0. The van der Waals surface area contributed by atoms with Crippen molar-refractivity contribution >= 4 is 24.2 Å². The molecule has 1 rings (SSSR count). The number of piperidine rings is 1. The maximum absolute atomic E-state index is 11.9.